The third kappa shape index (κ3) is 7.04. The maximum absolute atomic E-state index is 14.8. The van der Waals surface area contributed by atoms with E-state index in [2.05, 4.69) is 40.8 Å². The molecule has 3 aromatic rings. The Morgan fingerprint density at radius 1 is 1.00 bits per heavy atom. The number of tetrazole rings is 1. The molecule has 14 heteroatoms. The fourth-order valence-corrected chi connectivity index (χ4v) is 5.38. The minimum atomic E-state index is -1.22. The van der Waals surface area contributed by atoms with Gasteiger partial charge in [-0.2, -0.15) is 5.21 Å². The van der Waals surface area contributed by atoms with Crippen LogP contribution in [0.3, 0.4) is 0 Å². The molecule has 1 aromatic carbocycles. The molecule has 0 spiro atoms. The molecule has 0 amide bonds. The van der Waals surface area contributed by atoms with Crippen LogP contribution in [0.4, 0.5) is 25.1 Å². The minimum absolute atomic E-state index is 0.0409. The van der Waals surface area contributed by atoms with Gasteiger partial charge in [-0.05, 0) is 63.3 Å². The lowest BCUT2D eigenvalue weighted by atomic mass is 9.92. The summed E-state index contributed by atoms with van der Waals surface area (Å²) >= 11 is 0. The first-order valence-corrected chi connectivity index (χ1v) is 13.8. The van der Waals surface area contributed by atoms with Gasteiger partial charge in [0, 0.05) is 44.2 Å². The number of piperidine rings is 1. The molecule has 3 unspecified atom stereocenters. The van der Waals surface area contributed by atoms with E-state index >= 15 is 0 Å². The predicted octanol–water partition coefficient (Wildman–Crippen LogP) is 3.43. The molecule has 11 nitrogen and oxygen atoms in total. The van der Waals surface area contributed by atoms with Crippen LogP contribution < -0.4 is 19.9 Å². The highest BCUT2D eigenvalue weighted by Gasteiger charge is 2.37. The van der Waals surface area contributed by atoms with Gasteiger partial charge in [0.1, 0.15) is 5.82 Å². The molecule has 3 atom stereocenters. The first-order valence-electron chi connectivity index (χ1n) is 13.8. The molecule has 2 aromatic heterocycles. The van der Waals surface area contributed by atoms with E-state index in [0.29, 0.717) is 42.7 Å². The summed E-state index contributed by atoms with van der Waals surface area (Å²) in [4.78, 5) is 13.0. The van der Waals surface area contributed by atoms with Crippen LogP contribution in [0.15, 0.2) is 24.5 Å². The third-order valence-electron chi connectivity index (χ3n) is 7.65. The number of H-pyrrole nitrogens is 1. The van der Waals surface area contributed by atoms with E-state index in [0.717, 1.165) is 32.0 Å². The number of benzene rings is 1. The zero-order chi connectivity index (χ0) is 29.1. The number of nitrogens with one attached hydrogen (secondary N) is 2. The molecule has 41 heavy (non-hydrogen) atoms. The Labute approximate surface area is 236 Å². The van der Waals surface area contributed by atoms with Gasteiger partial charge in [0.2, 0.25) is 5.95 Å². The largest absolute Gasteiger partial charge is 0.487 e. The van der Waals surface area contributed by atoms with Gasteiger partial charge >= 0.3 is 0 Å². The highest BCUT2D eigenvalue weighted by molar-refractivity contribution is 5.39. The van der Waals surface area contributed by atoms with Crippen molar-refractivity contribution in [3.8, 4) is 5.75 Å². The average molecular weight is 576 g/mol. The Balaban J connectivity index is 1.22. The van der Waals surface area contributed by atoms with Crippen molar-refractivity contribution in [2.24, 2.45) is 5.92 Å². The maximum atomic E-state index is 14.8. The molecule has 2 saturated heterocycles. The van der Waals surface area contributed by atoms with Gasteiger partial charge in [-0.1, -0.05) is 5.10 Å². The van der Waals surface area contributed by atoms with Crippen molar-refractivity contribution in [1.82, 2.24) is 35.9 Å². The van der Waals surface area contributed by atoms with Crippen LogP contribution in [-0.2, 0) is 4.74 Å². The van der Waals surface area contributed by atoms with Crippen LogP contribution in [-0.4, -0.2) is 81.2 Å². The molecule has 2 N–H and O–H groups in total. The summed E-state index contributed by atoms with van der Waals surface area (Å²) in [6.07, 6.45) is 5.07. The molecule has 2 aliphatic rings. The quantitative estimate of drug-likeness (QED) is 0.290. The molecule has 222 valence electrons. The summed E-state index contributed by atoms with van der Waals surface area (Å²) in [6.45, 7) is 10.4. The summed E-state index contributed by atoms with van der Waals surface area (Å²) < 4.78 is 54.5. The Hall–Kier alpha value is -3.52. The van der Waals surface area contributed by atoms with E-state index in [1.807, 2.05) is 32.6 Å². The second kappa shape index (κ2) is 12.1. The number of halogens is 3. The van der Waals surface area contributed by atoms with Crippen LogP contribution in [0.25, 0.3) is 0 Å². The minimum Gasteiger partial charge on any atom is -0.487 e. The normalized spacial score (nSPS) is 21.0. The SMILES string of the molecule is CC(Oc1cnc(N2CC(NCOC(C)(C)C)C(c3cc(F)c(F)cc3F)C2)nc1)C1CCN(c2nn[nH]n2)CC1. The number of ether oxygens (including phenoxy) is 2. The van der Waals surface area contributed by atoms with E-state index in [1.165, 1.54) is 0 Å². The van der Waals surface area contributed by atoms with Gasteiger partial charge in [0.15, 0.2) is 17.4 Å². The fourth-order valence-electron chi connectivity index (χ4n) is 5.38. The second-order valence-electron chi connectivity index (χ2n) is 11.6. The van der Waals surface area contributed by atoms with E-state index in [-0.39, 0.29) is 30.0 Å². The lowest BCUT2D eigenvalue weighted by Gasteiger charge is -2.34. The van der Waals surface area contributed by atoms with Gasteiger partial charge in [0.25, 0.3) is 5.95 Å². The fraction of sp³-hybridized carbons (Fsp3) is 0.593. The molecule has 0 radical (unpaired) electrons. The van der Waals surface area contributed by atoms with Crippen molar-refractivity contribution in [3.05, 3.63) is 47.5 Å². The summed E-state index contributed by atoms with van der Waals surface area (Å²) in [6, 6.07) is 1.22. The number of nitrogens with zero attached hydrogens (tertiary/aromatic N) is 7. The monoisotopic (exact) mass is 575 g/mol. The first kappa shape index (κ1) is 29.0. The van der Waals surface area contributed by atoms with Crippen molar-refractivity contribution in [3.63, 3.8) is 0 Å². The van der Waals surface area contributed by atoms with E-state index in [1.54, 1.807) is 12.4 Å². The topological polar surface area (TPSA) is 117 Å². The highest BCUT2D eigenvalue weighted by atomic mass is 19.2. The molecular formula is C27H36F3N9O2. The van der Waals surface area contributed by atoms with Crippen LogP contribution in [0, 0.1) is 23.4 Å². The summed E-state index contributed by atoms with van der Waals surface area (Å²) in [5.74, 6) is -1.62. The Kier molecular flexibility index (Phi) is 8.59. The number of aromatic amines is 1. The van der Waals surface area contributed by atoms with Crippen LogP contribution in [0.1, 0.15) is 52.0 Å². The maximum Gasteiger partial charge on any atom is 0.265 e. The molecule has 2 fully saturated rings. The van der Waals surface area contributed by atoms with Crippen molar-refractivity contribution < 1.29 is 22.6 Å². The molecule has 0 aliphatic carbocycles. The smallest absolute Gasteiger partial charge is 0.265 e. The first-order chi connectivity index (χ1) is 19.6. The summed E-state index contributed by atoms with van der Waals surface area (Å²) in [5, 5.41) is 17.5. The number of anilines is 2. The van der Waals surface area contributed by atoms with Crippen molar-refractivity contribution in [2.45, 2.75) is 64.2 Å². The molecule has 0 bridgehead atoms. The lowest BCUT2D eigenvalue weighted by molar-refractivity contribution is -0.0170. The Morgan fingerprint density at radius 2 is 1.71 bits per heavy atom. The van der Waals surface area contributed by atoms with Gasteiger partial charge in [-0.25, -0.2) is 23.1 Å². The van der Waals surface area contributed by atoms with Gasteiger partial charge in [-0.3, -0.25) is 5.32 Å². The number of hydrogen-bond acceptors (Lipinski definition) is 10. The van der Waals surface area contributed by atoms with E-state index in [9.17, 15) is 13.2 Å². The van der Waals surface area contributed by atoms with Gasteiger partial charge < -0.3 is 19.3 Å². The second-order valence-corrected chi connectivity index (χ2v) is 11.6. The number of hydrogen-bond donors (Lipinski definition) is 2. The highest BCUT2D eigenvalue weighted by Crippen LogP contribution is 2.33. The molecular weight excluding hydrogens is 539 g/mol. The van der Waals surface area contributed by atoms with Crippen molar-refractivity contribution in [1.29, 1.82) is 0 Å². The number of aromatic nitrogens is 6. The van der Waals surface area contributed by atoms with Gasteiger partial charge in [-0.15, -0.1) is 5.10 Å². The molecule has 2 aliphatic heterocycles. The number of rotatable bonds is 9. The van der Waals surface area contributed by atoms with Crippen molar-refractivity contribution >= 4 is 11.9 Å². The zero-order valence-electron chi connectivity index (χ0n) is 23.6. The lowest BCUT2D eigenvalue weighted by Crippen LogP contribution is -2.39. The van der Waals surface area contributed by atoms with Gasteiger partial charge in [0.05, 0.1) is 30.8 Å². The standard InChI is InChI=1S/C27H36F3N9O2/c1-16(17-5-7-38(8-6-17)26-34-36-37-35-26)41-18-11-31-25(32-12-18)39-13-20(19-9-22(29)23(30)10-21(19)28)24(14-39)33-15-40-27(2,3)4/h9-12,16-17,20,24,33H,5-8,13-15H2,1-4H3,(H,34,35,36,37). The van der Waals surface area contributed by atoms with Crippen LogP contribution in [0.2, 0.25) is 0 Å². The zero-order valence-corrected chi connectivity index (χ0v) is 23.6. The molecule has 5 rings (SSSR count). The van der Waals surface area contributed by atoms with Crippen LogP contribution >= 0.6 is 0 Å². The Morgan fingerprint density at radius 3 is 2.37 bits per heavy atom. The molecule has 4 heterocycles. The molecule has 0 saturated carbocycles. The summed E-state index contributed by atoms with van der Waals surface area (Å²) in [7, 11) is 0. The van der Waals surface area contributed by atoms with E-state index in [4.69, 9.17) is 9.47 Å². The summed E-state index contributed by atoms with van der Waals surface area (Å²) in [5.41, 5.74) is -0.283. The predicted molar refractivity (Wildman–Crippen MR) is 145 cm³/mol. The van der Waals surface area contributed by atoms with Crippen LogP contribution in [0.5, 0.6) is 5.75 Å². The van der Waals surface area contributed by atoms with E-state index < -0.39 is 23.4 Å². The van der Waals surface area contributed by atoms with Crippen molar-refractivity contribution in [2.75, 3.05) is 42.7 Å². The third-order valence-corrected chi connectivity index (χ3v) is 7.65. The average Bonchev–Trinajstić information content (AvgIpc) is 3.62. The Bertz CT molecular complexity index is 1280.